The maximum absolute atomic E-state index is 13.0. The predicted molar refractivity (Wildman–Crippen MR) is 102 cm³/mol. The van der Waals surface area contributed by atoms with Crippen LogP contribution in [0, 0.1) is 0 Å². The summed E-state index contributed by atoms with van der Waals surface area (Å²) >= 11 is 5.61. The number of likely N-dealkylation sites (tertiary alicyclic amines) is 1. The summed E-state index contributed by atoms with van der Waals surface area (Å²) in [7, 11) is 0. The Kier molecular flexibility index (Phi) is 5.23. The van der Waals surface area contributed by atoms with E-state index in [1.54, 1.807) is 18.2 Å². The first-order valence-corrected chi connectivity index (χ1v) is 9.50. The van der Waals surface area contributed by atoms with E-state index >= 15 is 0 Å². The Bertz CT molecular complexity index is 1010. The summed E-state index contributed by atoms with van der Waals surface area (Å²) in [5.74, 6) is 0.0578. The molecule has 1 atom stereocenters. The summed E-state index contributed by atoms with van der Waals surface area (Å²) in [5.41, 5.74) is -0.745. The van der Waals surface area contributed by atoms with Crippen LogP contribution in [-0.4, -0.2) is 36.1 Å². The molecule has 0 saturated carbocycles. The van der Waals surface area contributed by atoms with E-state index in [2.05, 4.69) is 5.32 Å². The fourth-order valence-electron chi connectivity index (χ4n) is 3.52. The van der Waals surface area contributed by atoms with Gasteiger partial charge in [-0.1, -0.05) is 11.6 Å². The Hall–Kier alpha value is -2.94. The van der Waals surface area contributed by atoms with Crippen LogP contribution < -0.4 is 14.8 Å². The van der Waals surface area contributed by atoms with E-state index in [1.165, 1.54) is 11.0 Å². The zero-order chi connectivity index (χ0) is 21.5. The molecule has 1 fully saturated rings. The number of nitrogens with one attached hydrogen (secondary N) is 1. The number of carbonyl (C=O) groups excluding carboxylic acids is 2. The number of nitrogens with zero attached hydrogens (tertiary/aromatic N) is 1. The van der Waals surface area contributed by atoms with E-state index in [1.807, 2.05) is 0 Å². The lowest BCUT2D eigenvalue weighted by atomic mass is 10.1. The lowest BCUT2D eigenvalue weighted by Crippen LogP contribution is -2.43. The minimum absolute atomic E-state index is 0.0425. The normalized spacial score (nSPS) is 17.9. The highest BCUT2D eigenvalue weighted by Crippen LogP contribution is 2.37. The molecule has 30 heavy (non-hydrogen) atoms. The lowest BCUT2D eigenvalue weighted by molar-refractivity contribution is -0.137. The molecule has 1 N–H and O–H groups in total. The van der Waals surface area contributed by atoms with Crippen molar-refractivity contribution in [3.63, 3.8) is 0 Å². The van der Waals surface area contributed by atoms with E-state index in [0.717, 1.165) is 12.1 Å². The first-order chi connectivity index (χ1) is 14.2. The number of rotatable bonds is 3. The van der Waals surface area contributed by atoms with Gasteiger partial charge in [0.25, 0.3) is 5.91 Å². The van der Waals surface area contributed by atoms with Gasteiger partial charge in [-0.15, -0.1) is 0 Å². The number of ether oxygens (including phenoxy) is 2. The lowest BCUT2D eigenvalue weighted by Gasteiger charge is -2.24. The molecule has 0 radical (unpaired) electrons. The Labute approximate surface area is 174 Å². The molecule has 10 heteroatoms. The van der Waals surface area contributed by atoms with Gasteiger partial charge in [-0.3, -0.25) is 9.59 Å². The van der Waals surface area contributed by atoms with Gasteiger partial charge < -0.3 is 19.7 Å². The van der Waals surface area contributed by atoms with Crippen molar-refractivity contribution in [1.82, 2.24) is 4.90 Å². The number of carbonyl (C=O) groups is 2. The third kappa shape index (κ3) is 3.89. The molecule has 158 valence electrons. The fraction of sp³-hybridized carbons (Fsp3) is 0.300. The second kappa shape index (κ2) is 7.71. The predicted octanol–water partition coefficient (Wildman–Crippen LogP) is 4.33. The molecule has 0 unspecified atom stereocenters. The zero-order valence-corrected chi connectivity index (χ0v) is 16.2. The van der Waals surface area contributed by atoms with Crippen LogP contribution in [0.5, 0.6) is 11.5 Å². The van der Waals surface area contributed by atoms with Crippen LogP contribution in [0.4, 0.5) is 18.9 Å². The van der Waals surface area contributed by atoms with E-state index in [0.29, 0.717) is 36.4 Å². The molecule has 0 aliphatic carbocycles. The molecular formula is C20H16ClF3N2O4. The molecule has 0 bridgehead atoms. The Morgan fingerprint density at radius 3 is 2.63 bits per heavy atom. The highest BCUT2D eigenvalue weighted by atomic mass is 35.5. The van der Waals surface area contributed by atoms with Crippen LogP contribution in [0.2, 0.25) is 5.02 Å². The average molecular weight is 441 g/mol. The quantitative estimate of drug-likeness (QED) is 0.771. The Morgan fingerprint density at radius 2 is 1.87 bits per heavy atom. The monoisotopic (exact) mass is 440 g/mol. The Balaban J connectivity index is 1.51. The van der Waals surface area contributed by atoms with Crippen LogP contribution in [0.3, 0.4) is 0 Å². The number of hydrogen-bond acceptors (Lipinski definition) is 4. The molecule has 2 aromatic carbocycles. The smallest absolute Gasteiger partial charge is 0.417 e. The molecule has 0 spiro atoms. The number of hydrogen-bond donors (Lipinski definition) is 1. The average Bonchev–Trinajstić information content (AvgIpc) is 3.36. The minimum Gasteiger partial charge on any atom is -0.454 e. The van der Waals surface area contributed by atoms with Crippen molar-refractivity contribution in [1.29, 1.82) is 0 Å². The molecule has 1 saturated heterocycles. The van der Waals surface area contributed by atoms with Crippen molar-refractivity contribution in [3.8, 4) is 11.5 Å². The number of alkyl halides is 3. The molecule has 2 heterocycles. The van der Waals surface area contributed by atoms with Gasteiger partial charge in [-0.2, -0.15) is 13.2 Å². The third-order valence-electron chi connectivity index (χ3n) is 4.98. The second-order valence-corrected chi connectivity index (χ2v) is 7.31. The van der Waals surface area contributed by atoms with Crippen molar-refractivity contribution >= 4 is 29.1 Å². The molecule has 2 aliphatic heterocycles. The highest BCUT2D eigenvalue weighted by molar-refractivity contribution is 6.31. The largest absolute Gasteiger partial charge is 0.454 e. The van der Waals surface area contributed by atoms with E-state index in [4.69, 9.17) is 21.1 Å². The maximum atomic E-state index is 13.0. The van der Waals surface area contributed by atoms with Crippen molar-refractivity contribution in [2.24, 2.45) is 0 Å². The summed E-state index contributed by atoms with van der Waals surface area (Å²) in [6.07, 6.45) is -3.64. The van der Waals surface area contributed by atoms with E-state index in [-0.39, 0.29) is 18.4 Å². The number of fused-ring (bicyclic) bond motifs is 1. The summed E-state index contributed by atoms with van der Waals surface area (Å²) in [5, 5.41) is 2.01. The Morgan fingerprint density at radius 1 is 1.10 bits per heavy atom. The number of amides is 2. The van der Waals surface area contributed by atoms with Gasteiger partial charge in [0.05, 0.1) is 10.6 Å². The minimum atomic E-state index is -4.65. The maximum Gasteiger partial charge on any atom is 0.417 e. The van der Waals surface area contributed by atoms with Crippen LogP contribution in [0.25, 0.3) is 0 Å². The molecule has 2 aromatic rings. The summed E-state index contributed by atoms with van der Waals surface area (Å²) in [4.78, 5) is 27.1. The standard InChI is InChI=1S/C20H16ClF3N2O4/c21-14-5-4-12(9-13(14)20(22,23)24)25-18(27)15-2-1-7-26(15)19(28)11-3-6-16-17(8-11)30-10-29-16/h3-6,8-9,15H,1-2,7,10H2,(H,25,27)/t15-/m1/s1. The summed E-state index contributed by atoms with van der Waals surface area (Å²) in [6.45, 7) is 0.433. The molecule has 0 aromatic heterocycles. The molecular weight excluding hydrogens is 425 g/mol. The highest BCUT2D eigenvalue weighted by Gasteiger charge is 2.36. The van der Waals surface area contributed by atoms with Gasteiger partial charge in [-0.05, 0) is 49.2 Å². The molecule has 4 rings (SSSR count). The van der Waals surface area contributed by atoms with Gasteiger partial charge in [0.2, 0.25) is 12.7 Å². The van der Waals surface area contributed by atoms with Crippen molar-refractivity contribution < 1.29 is 32.2 Å². The SMILES string of the molecule is O=C(Nc1ccc(Cl)c(C(F)(F)F)c1)[C@H]1CCCN1C(=O)c1ccc2c(c1)OCO2. The third-order valence-corrected chi connectivity index (χ3v) is 5.30. The van der Waals surface area contributed by atoms with Crippen LogP contribution in [0.15, 0.2) is 36.4 Å². The summed E-state index contributed by atoms with van der Waals surface area (Å²) < 4.78 is 49.6. The van der Waals surface area contributed by atoms with E-state index < -0.39 is 28.7 Å². The summed E-state index contributed by atoms with van der Waals surface area (Å²) in [6, 6.07) is 7.09. The van der Waals surface area contributed by atoms with Gasteiger partial charge >= 0.3 is 6.18 Å². The topological polar surface area (TPSA) is 67.9 Å². The van der Waals surface area contributed by atoms with Crippen LogP contribution in [-0.2, 0) is 11.0 Å². The van der Waals surface area contributed by atoms with Gasteiger partial charge in [0.1, 0.15) is 6.04 Å². The fourth-order valence-corrected chi connectivity index (χ4v) is 3.75. The number of benzene rings is 2. The van der Waals surface area contributed by atoms with Crippen molar-refractivity contribution in [3.05, 3.63) is 52.5 Å². The van der Waals surface area contributed by atoms with Gasteiger partial charge in [0, 0.05) is 17.8 Å². The number of halogens is 4. The van der Waals surface area contributed by atoms with E-state index in [9.17, 15) is 22.8 Å². The van der Waals surface area contributed by atoms with Crippen LogP contribution >= 0.6 is 11.6 Å². The second-order valence-electron chi connectivity index (χ2n) is 6.91. The number of anilines is 1. The molecule has 2 amide bonds. The first kappa shape index (κ1) is 20.3. The van der Waals surface area contributed by atoms with Crippen LogP contribution in [0.1, 0.15) is 28.8 Å². The van der Waals surface area contributed by atoms with Gasteiger partial charge in [-0.25, -0.2) is 0 Å². The molecule has 6 nitrogen and oxygen atoms in total. The van der Waals surface area contributed by atoms with Gasteiger partial charge in [0.15, 0.2) is 11.5 Å². The van der Waals surface area contributed by atoms with Crippen molar-refractivity contribution in [2.75, 3.05) is 18.7 Å². The zero-order valence-electron chi connectivity index (χ0n) is 15.5. The van der Waals surface area contributed by atoms with Crippen molar-refractivity contribution in [2.45, 2.75) is 25.1 Å². The first-order valence-electron chi connectivity index (χ1n) is 9.12. The molecule has 2 aliphatic rings.